The van der Waals surface area contributed by atoms with Crippen LogP contribution in [0.3, 0.4) is 0 Å². The molecule has 1 unspecified atom stereocenters. The van der Waals surface area contributed by atoms with Crippen LogP contribution in [0.1, 0.15) is 11.6 Å². The SMILES string of the molecule is COc1ccccc1NC(C#N)c1cc(Br)ccc1F. The van der Waals surface area contributed by atoms with E-state index in [9.17, 15) is 9.65 Å². The van der Waals surface area contributed by atoms with E-state index in [1.165, 1.54) is 6.07 Å². The van der Waals surface area contributed by atoms with Gasteiger partial charge in [-0.25, -0.2) is 4.39 Å². The zero-order valence-electron chi connectivity index (χ0n) is 10.7. The van der Waals surface area contributed by atoms with Crippen LogP contribution >= 0.6 is 15.9 Å². The van der Waals surface area contributed by atoms with Gasteiger partial charge in [-0.1, -0.05) is 28.1 Å². The highest BCUT2D eigenvalue weighted by Gasteiger charge is 2.17. The van der Waals surface area contributed by atoms with Crippen molar-refractivity contribution in [2.24, 2.45) is 0 Å². The van der Waals surface area contributed by atoms with Crippen molar-refractivity contribution in [3.63, 3.8) is 0 Å². The van der Waals surface area contributed by atoms with E-state index in [-0.39, 0.29) is 5.56 Å². The molecule has 2 aromatic carbocycles. The van der Waals surface area contributed by atoms with Crippen LogP contribution < -0.4 is 10.1 Å². The van der Waals surface area contributed by atoms with E-state index in [1.807, 2.05) is 12.1 Å². The summed E-state index contributed by atoms with van der Waals surface area (Å²) < 4.78 is 19.8. The first kappa shape index (κ1) is 14.4. The average molecular weight is 335 g/mol. The molecular formula is C15H12BrFN2O. The molecular weight excluding hydrogens is 323 g/mol. The average Bonchev–Trinajstić information content (AvgIpc) is 2.48. The van der Waals surface area contributed by atoms with Gasteiger partial charge in [0.15, 0.2) is 0 Å². The molecule has 0 aliphatic rings. The summed E-state index contributed by atoms with van der Waals surface area (Å²) in [5.74, 6) is 0.172. The number of hydrogen-bond acceptors (Lipinski definition) is 3. The van der Waals surface area contributed by atoms with E-state index in [4.69, 9.17) is 4.74 Å². The highest BCUT2D eigenvalue weighted by atomic mass is 79.9. The summed E-state index contributed by atoms with van der Waals surface area (Å²) in [6.07, 6.45) is 0. The summed E-state index contributed by atoms with van der Waals surface area (Å²) >= 11 is 3.28. The summed E-state index contributed by atoms with van der Waals surface area (Å²) in [6.45, 7) is 0. The number of benzene rings is 2. The first-order valence-corrected chi connectivity index (χ1v) is 6.69. The molecule has 1 atom stereocenters. The normalized spacial score (nSPS) is 11.5. The molecule has 0 aliphatic heterocycles. The number of rotatable bonds is 4. The van der Waals surface area contributed by atoms with Gasteiger partial charge >= 0.3 is 0 Å². The van der Waals surface area contributed by atoms with Crippen LogP contribution in [0.4, 0.5) is 10.1 Å². The molecule has 0 bridgehead atoms. The lowest BCUT2D eigenvalue weighted by molar-refractivity contribution is 0.416. The second-order valence-electron chi connectivity index (χ2n) is 4.07. The topological polar surface area (TPSA) is 45.0 Å². The minimum Gasteiger partial charge on any atom is -0.495 e. The Morgan fingerprint density at radius 3 is 2.75 bits per heavy atom. The summed E-state index contributed by atoms with van der Waals surface area (Å²) in [4.78, 5) is 0. The summed E-state index contributed by atoms with van der Waals surface area (Å²) in [7, 11) is 1.54. The number of anilines is 1. The van der Waals surface area contributed by atoms with Crippen molar-refractivity contribution in [2.45, 2.75) is 6.04 Å². The third-order valence-electron chi connectivity index (χ3n) is 2.80. The molecule has 1 N–H and O–H groups in total. The fourth-order valence-electron chi connectivity index (χ4n) is 1.83. The monoisotopic (exact) mass is 334 g/mol. The predicted octanol–water partition coefficient (Wildman–Crippen LogP) is 4.27. The van der Waals surface area contributed by atoms with E-state index in [2.05, 4.69) is 27.3 Å². The maximum atomic E-state index is 13.8. The molecule has 0 amide bonds. The van der Waals surface area contributed by atoms with E-state index in [1.54, 1.807) is 31.4 Å². The van der Waals surface area contributed by atoms with Crippen LogP contribution in [0.25, 0.3) is 0 Å². The Hall–Kier alpha value is -2.06. The minimum absolute atomic E-state index is 0.285. The van der Waals surface area contributed by atoms with Crippen LogP contribution in [-0.2, 0) is 0 Å². The van der Waals surface area contributed by atoms with Crippen LogP contribution in [0.15, 0.2) is 46.9 Å². The number of nitrogens with one attached hydrogen (secondary N) is 1. The summed E-state index contributed by atoms with van der Waals surface area (Å²) in [6, 6.07) is 13.0. The zero-order chi connectivity index (χ0) is 14.5. The van der Waals surface area contributed by atoms with E-state index in [0.29, 0.717) is 11.4 Å². The highest BCUT2D eigenvalue weighted by molar-refractivity contribution is 9.10. The standard InChI is InChI=1S/C15H12BrFN2O/c1-20-15-5-3-2-4-13(15)19-14(9-18)11-8-10(16)6-7-12(11)17/h2-8,14,19H,1H3. The number of para-hydroxylation sites is 2. The highest BCUT2D eigenvalue weighted by Crippen LogP contribution is 2.29. The Labute approximate surface area is 125 Å². The second kappa shape index (κ2) is 6.40. The Kier molecular flexibility index (Phi) is 4.59. The van der Waals surface area contributed by atoms with E-state index in [0.717, 1.165) is 4.47 Å². The molecule has 5 heteroatoms. The quantitative estimate of drug-likeness (QED) is 0.907. The maximum absolute atomic E-state index is 13.8. The Balaban J connectivity index is 2.34. The number of nitrogens with zero attached hydrogens (tertiary/aromatic N) is 1. The summed E-state index contributed by atoms with van der Waals surface area (Å²) in [5.41, 5.74) is 0.925. The number of hydrogen-bond donors (Lipinski definition) is 1. The van der Waals surface area contributed by atoms with Crippen molar-refractivity contribution in [2.75, 3.05) is 12.4 Å². The Bertz CT molecular complexity index is 655. The van der Waals surface area contributed by atoms with Gasteiger partial charge in [0.1, 0.15) is 17.6 Å². The molecule has 3 nitrogen and oxygen atoms in total. The van der Waals surface area contributed by atoms with Crippen LogP contribution in [-0.4, -0.2) is 7.11 Å². The molecule has 0 radical (unpaired) electrons. The lowest BCUT2D eigenvalue weighted by Crippen LogP contribution is -2.11. The minimum atomic E-state index is -0.802. The van der Waals surface area contributed by atoms with E-state index >= 15 is 0 Å². The third-order valence-corrected chi connectivity index (χ3v) is 3.30. The van der Waals surface area contributed by atoms with Crippen LogP contribution in [0.2, 0.25) is 0 Å². The molecule has 2 aromatic rings. The first-order valence-electron chi connectivity index (χ1n) is 5.90. The van der Waals surface area contributed by atoms with Gasteiger partial charge in [0.2, 0.25) is 0 Å². The van der Waals surface area contributed by atoms with Crippen LogP contribution in [0.5, 0.6) is 5.75 Å². The smallest absolute Gasteiger partial charge is 0.143 e. The molecule has 0 aliphatic carbocycles. The molecule has 0 saturated heterocycles. The molecule has 0 saturated carbocycles. The second-order valence-corrected chi connectivity index (χ2v) is 4.99. The van der Waals surface area contributed by atoms with E-state index < -0.39 is 11.9 Å². The van der Waals surface area contributed by atoms with Crippen molar-refractivity contribution >= 4 is 21.6 Å². The molecule has 0 aromatic heterocycles. The lowest BCUT2D eigenvalue weighted by atomic mass is 10.1. The third kappa shape index (κ3) is 3.09. The first-order chi connectivity index (χ1) is 9.65. The molecule has 20 heavy (non-hydrogen) atoms. The number of halogens is 2. The number of methoxy groups -OCH3 is 1. The Morgan fingerprint density at radius 2 is 2.05 bits per heavy atom. The van der Waals surface area contributed by atoms with Crippen molar-refractivity contribution < 1.29 is 9.13 Å². The molecule has 0 fully saturated rings. The van der Waals surface area contributed by atoms with Crippen molar-refractivity contribution in [3.05, 3.63) is 58.3 Å². The predicted molar refractivity (Wildman–Crippen MR) is 79.1 cm³/mol. The lowest BCUT2D eigenvalue weighted by Gasteiger charge is -2.16. The van der Waals surface area contributed by atoms with Gasteiger partial charge in [-0.05, 0) is 30.3 Å². The number of nitriles is 1. The van der Waals surface area contributed by atoms with Gasteiger partial charge in [-0.3, -0.25) is 0 Å². The van der Waals surface area contributed by atoms with Crippen molar-refractivity contribution in [1.82, 2.24) is 0 Å². The molecule has 102 valence electrons. The molecule has 2 rings (SSSR count). The fraction of sp³-hybridized carbons (Fsp3) is 0.133. The maximum Gasteiger partial charge on any atom is 0.143 e. The van der Waals surface area contributed by atoms with Gasteiger partial charge in [0.05, 0.1) is 18.9 Å². The van der Waals surface area contributed by atoms with Crippen molar-refractivity contribution in [1.29, 1.82) is 5.26 Å². The molecule has 0 spiro atoms. The molecule has 0 heterocycles. The number of ether oxygens (including phenoxy) is 1. The van der Waals surface area contributed by atoms with Crippen LogP contribution in [0, 0.1) is 17.1 Å². The zero-order valence-corrected chi connectivity index (χ0v) is 12.3. The van der Waals surface area contributed by atoms with Gasteiger partial charge < -0.3 is 10.1 Å². The van der Waals surface area contributed by atoms with Gasteiger partial charge in [-0.15, -0.1) is 0 Å². The fourth-order valence-corrected chi connectivity index (χ4v) is 2.21. The largest absolute Gasteiger partial charge is 0.495 e. The van der Waals surface area contributed by atoms with Gasteiger partial charge in [-0.2, -0.15) is 5.26 Å². The van der Waals surface area contributed by atoms with Crippen molar-refractivity contribution in [3.8, 4) is 11.8 Å². The van der Waals surface area contributed by atoms with Gasteiger partial charge in [0, 0.05) is 10.0 Å². The summed E-state index contributed by atoms with van der Waals surface area (Å²) in [5, 5.41) is 12.3. The Morgan fingerprint density at radius 1 is 1.30 bits per heavy atom. The van der Waals surface area contributed by atoms with Gasteiger partial charge in [0.25, 0.3) is 0 Å².